The van der Waals surface area contributed by atoms with Gasteiger partial charge in [0.15, 0.2) is 9.84 Å². The van der Waals surface area contributed by atoms with Crippen molar-refractivity contribution in [3.05, 3.63) is 21.6 Å². The summed E-state index contributed by atoms with van der Waals surface area (Å²) in [7, 11) is -3.05. The third-order valence-electron chi connectivity index (χ3n) is 2.74. The van der Waals surface area contributed by atoms with Crippen molar-refractivity contribution in [2.75, 3.05) is 0 Å². The Balaban J connectivity index is 2.15. The molecule has 2 aliphatic rings. The molecular formula is C8H10N2O3S. The number of aromatic nitrogens is 2. The molecule has 0 unspecified atom stereocenters. The van der Waals surface area contributed by atoms with Crippen LogP contribution in [0.25, 0.3) is 0 Å². The zero-order chi connectivity index (χ0) is 9.92. The molecule has 1 aliphatic carbocycles. The van der Waals surface area contributed by atoms with Crippen LogP contribution in [0, 0.1) is 0 Å². The van der Waals surface area contributed by atoms with Crippen LogP contribution in [0.2, 0.25) is 0 Å². The Hall–Kier alpha value is -1.04. The van der Waals surface area contributed by atoms with Gasteiger partial charge in [0.2, 0.25) is 0 Å². The maximum Gasteiger partial charge on any atom is 0.271 e. The van der Waals surface area contributed by atoms with Crippen LogP contribution in [0.5, 0.6) is 0 Å². The highest BCUT2D eigenvalue weighted by molar-refractivity contribution is 7.90. The molecule has 1 aromatic rings. The van der Waals surface area contributed by atoms with Gasteiger partial charge in [-0.15, -0.1) is 0 Å². The van der Waals surface area contributed by atoms with Crippen molar-refractivity contribution in [2.45, 2.75) is 30.4 Å². The summed E-state index contributed by atoms with van der Waals surface area (Å²) in [6, 6.07) is 0.288. The minimum Gasteiger partial charge on any atom is -0.298 e. The maximum absolute atomic E-state index is 11.7. The summed E-state index contributed by atoms with van der Waals surface area (Å²) in [4.78, 5) is 11.7. The molecule has 1 aromatic heterocycles. The molecule has 0 aromatic carbocycles. The van der Waals surface area contributed by atoms with Gasteiger partial charge >= 0.3 is 0 Å². The van der Waals surface area contributed by atoms with Gasteiger partial charge in [0, 0.05) is 0 Å². The normalized spacial score (nSPS) is 23.7. The Bertz CT molecular complexity index is 548. The summed E-state index contributed by atoms with van der Waals surface area (Å²) in [5, 5.41) is 2.90. The zero-order valence-corrected chi connectivity index (χ0v) is 8.30. The van der Waals surface area contributed by atoms with Crippen LogP contribution >= 0.6 is 0 Å². The fourth-order valence-electron chi connectivity index (χ4n) is 1.89. The standard InChI is InChI=1S/C8H10N2O3S/c11-8-6-3-14(12,13)4-7(6)9-10(8)5-1-2-5/h5,9H,1-4H2. The fourth-order valence-corrected chi connectivity index (χ4v) is 3.41. The minimum atomic E-state index is -3.05. The highest BCUT2D eigenvalue weighted by Gasteiger charge is 2.34. The van der Waals surface area contributed by atoms with Gasteiger partial charge in [-0.2, -0.15) is 0 Å². The molecular weight excluding hydrogens is 204 g/mol. The van der Waals surface area contributed by atoms with Crippen LogP contribution in [0.15, 0.2) is 4.79 Å². The number of rotatable bonds is 1. The first-order valence-corrected chi connectivity index (χ1v) is 6.42. The van der Waals surface area contributed by atoms with Gasteiger partial charge in [0.25, 0.3) is 5.56 Å². The molecule has 1 aliphatic heterocycles. The van der Waals surface area contributed by atoms with Crippen molar-refractivity contribution in [3.63, 3.8) is 0 Å². The molecule has 0 spiro atoms. The van der Waals surface area contributed by atoms with Crippen molar-refractivity contribution in [1.82, 2.24) is 9.78 Å². The second-order valence-electron chi connectivity index (χ2n) is 4.01. The minimum absolute atomic E-state index is 0.00269. The van der Waals surface area contributed by atoms with Gasteiger partial charge in [-0.3, -0.25) is 9.89 Å². The summed E-state index contributed by atoms with van der Waals surface area (Å²) >= 11 is 0. The van der Waals surface area contributed by atoms with Crippen LogP contribution in [-0.2, 0) is 21.3 Å². The molecule has 1 saturated carbocycles. The predicted octanol–water partition coefficient (Wildman–Crippen LogP) is -0.0603. The molecule has 0 atom stereocenters. The number of sulfone groups is 1. The molecule has 0 bridgehead atoms. The van der Waals surface area contributed by atoms with Crippen LogP contribution in [0.1, 0.15) is 30.1 Å². The molecule has 1 N–H and O–H groups in total. The van der Waals surface area contributed by atoms with E-state index in [2.05, 4.69) is 5.10 Å². The highest BCUT2D eigenvalue weighted by Crippen LogP contribution is 2.34. The second-order valence-corrected chi connectivity index (χ2v) is 6.07. The first kappa shape index (κ1) is 8.28. The predicted molar refractivity (Wildman–Crippen MR) is 49.7 cm³/mol. The van der Waals surface area contributed by atoms with E-state index in [4.69, 9.17) is 0 Å². The van der Waals surface area contributed by atoms with Crippen LogP contribution in [0.4, 0.5) is 0 Å². The topological polar surface area (TPSA) is 71.9 Å². The zero-order valence-electron chi connectivity index (χ0n) is 7.49. The molecule has 5 nitrogen and oxygen atoms in total. The van der Waals surface area contributed by atoms with Gasteiger partial charge in [-0.05, 0) is 12.8 Å². The fraction of sp³-hybridized carbons (Fsp3) is 0.625. The smallest absolute Gasteiger partial charge is 0.271 e. The summed E-state index contributed by atoms with van der Waals surface area (Å²) in [6.07, 6.45) is 2.04. The van der Waals surface area contributed by atoms with E-state index in [1.165, 1.54) is 0 Å². The monoisotopic (exact) mass is 214 g/mol. The average Bonchev–Trinajstić information content (AvgIpc) is 2.81. The average molecular weight is 214 g/mol. The van der Waals surface area contributed by atoms with Crippen molar-refractivity contribution in [1.29, 1.82) is 0 Å². The quantitative estimate of drug-likeness (QED) is 0.711. The molecule has 1 fully saturated rings. The number of H-pyrrole nitrogens is 1. The number of aromatic amines is 1. The van der Waals surface area contributed by atoms with E-state index in [0.717, 1.165) is 12.8 Å². The molecule has 0 radical (unpaired) electrons. The van der Waals surface area contributed by atoms with Crippen molar-refractivity contribution < 1.29 is 8.42 Å². The van der Waals surface area contributed by atoms with Gasteiger partial charge in [0.05, 0.1) is 28.8 Å². The van der Waals surface area contributed by atoms with E-state index in [0.29, 0.717) is 11.3 Å². The van der Waals surface area contributed by atoms with Crippen molar-refractivity contribution in [3.8, 4) is 0 Å². The van der Waals surface area contributed by atoms with E-state index in [9.17, 15) is 13.2 Å². The van der Waals surface area contributed by atoms with Crippen LogP contribution in [0.3, 0.4) is 0 Å². The Morgan fingerprint density at radius 2 is 2.00 bits per heavy atom. The van der Waals surface area contributed by atoms with Gasteiger partial charge < -0.3 is 0 Å². The SMILES string of the molecule is O=c1c2c([nH]n1C1CC1)CS(=O)(=O)C2. The molecule has 6 heteroatoms. The lowest BCUT2D eigenvalue weighted by atomic mass is 10.3. The summed E-state index contributed by atoms with van der Waals surface area (Å²) < 4.78 is 24.0. The van der Waals surface area contributed by atoms with Gasteiger partial charge in [-0.25, -0.2) is 13.1 Å². The molecule has 0 amide bonds. The summed E-state index contributed by atoms with van der Waals surface area (Å²) in [5.41, 5.74) is 0.919. The summed E-state index contributed by atoms with van der Waals surface area (Å²) in [5.74, 6) is -0.0886. The van der Waals surface area contributed by atoms with Gasteiger partial charge in [-0.1, -0.05) is 0 Å². The van der Waals surface area contributed by atoms with Crippen LogP contribution < -0.4 is 5.56 Å². The summed E-state index contributed by atoms with van der Waals surface area (Å²) in [6.45, 7) is 0. The number of nitrogens with zero attached hydrogens (tertiary/aromatic N) is 1. The van der Waals surface area contributed by atoms with E-state index in [1.54, 1.807) is 4.68 Å². The number of fused-ring (bicyclic) bond motifs is 1. The first-order valence-electron chi connectivity index (χ1n) is 4.59. The molecule has 2 heterocycles. The third-order valence-corrected chi connectivity index (χ3v) is 4.19. The Morgan fingerprint density at radius 3 is 2.57 bits per heavy atom. The lowest BCUT2D eigenvalue weighted by Gasteiger charge is -1.97. The molecule has 14 heavy (non-hydrogen) atoms. The Kier molecular flexibility index (Phi) is 1.36. The molecule has 76 valence electrons. The lowest BCUT2D eigenvalue weighted by Crippen LogP contribution is -2.19. The number of nitrogens with one attached hydrogen (secondary N) is 1. The van der Waals surface area contributed by atoms with Crippen molar-refractivity contribution >= 4 is 9.84 Å². The van der Waals surface area contributed by atoms with Crippen molar-refractivity contribution in [2.24, 2.45) is 0 Å². The number of hydrogen-bond donors (Lipinski definition) is 1. The third kappa shape index (κ3) is 1.06. The first-order chi connectivity index (χ1) is 6.57. The lowest BCUT2D eigenvalue weighted by molar-refractivity contribution is 0.589. The van der Waals surface area contributed by atoms with E-state index in [1.807, 2.05) is 0 Å². The second kappa shape index (κ2) is 2.31. The van der Waals surface area contributed by atoms with E-state index < -0.39 is 9.84 Å². The largest absolute Gasteiger partial charge is 0.298 e. The van der Waals surface area contributed by atoms with Crippen LogP contribution in [-0.4, -0.2) is 18.2 Å². The Labute approximate surface area is 80.6 Å². The van der Waals surface area contributed by atoms with E-state index >= 15 is 0 Å². The molecule has 3 rings (SSSR count). The van der Waals surface area contributed by atoms with Gasteiger partial charge in [0.1, 0.15) is 0 Å². The molecule has 0 saturated heterocycles. The maximum atomic E-state index is 11.7. The van der Waals surface area contributed by atoms with E-state index in [-0.39, 0.29) is 23.1 Å². The number of hydrogen-bond acceptors (Lipinski definition) is 3. The highest BCUT2D eigenvalue weighted by atomic mass is 32.2. The Morgan fingerprint density at radius 1 is 1.29 bits per heavy atom.